The maximum Gasteiger partial charge on any atom is 0.242 e. The van der Waals surface area contributed by atoms with Crippen molar-refractivity contribution < 1.29 is 32.5 Å². The molecule has 2 saturated heterocycles. The van der Waals surface area contributed by atoms with E-state index in [0.717, 1.165) is 47.5 Å². The molecule has 0 saturated carbocycles. The number of ether oxygens (including phenoxy) is 3. The molecule has 0 aromatic heterocycles. The van der Waals surface area contributed by atoms with E-state index in [1.807, 2.05) is 73.7 Å². The van der Waals surface area contributed by atoms with Crippen molar-refractivity contribution in [1.29, 1.82) is 0 Å². The number of carbonyl (C=O) groups is 1. The molecule has 2 fully saturated rings. The molecule has 4 unspecified atom stereocenters. The van der Waals surface area contributed by atoms with Crippen molar-refractivity contribution in [2.45, 2.75) is 55.8 Å². The predicted octanol–water partition coefficient (Wildman–Crippen LogP) is 4.89. The summed E-state index contributed by atoms with van der Waals surface area (Å²) >= 11 is 0. The van der Waals surface area contributed by atoms with E-state index in [-0.39, 0.29) is 30.1 Å². The van der Waals surface area contributed by atoms with Crippen LogP contribution < -0.4 is 10.0 Å². The Morgan fingerprint density at radius 3 is 2.20 bits per heavy atom. The molecule has 258 valence electrons. The summed E-state index contributed by atoms with van der Waals surface area (Å²) in [5, 5.41) is 12.4. The number of nitrogens with one attached hydrogen (secondary N) is 2. The van der Waals surface area contributed by atoms with Crippen LogP contribution in [0, 0.1) is 6.92 Å². The minimum atomic E-state index is -3.97. The molecule has 2 aliphatic heterocycles. The molecule has 3 N–H and O–H groups in total. The Hall–Kier alpha value is -3.94. The fourth-order valence-electron chi connectivity index (χ4n) is 6.07. The van der Waals surface area contributed by atoms with Gasteiger partial charge in [0, 0.05) is 37.3 Å². The van der Waals surface area contributed by atoms with E-state index < -0.39 is 28.3 Å². The molecule has 0 bridgehead atoms. The van der Waals surface area contributed by atoms with Crippen LogP contribution in [-0.2, 0) is 42.1 Å². The van der Waals surface area contributed by atoms with Gasteiger partial charge in [-0.25, -0.2) is 8.42 Å². The smallest absolute Gasteiger partial charge is 0.242 e. The highest BCUT2D eigenvalue weighted by Crippen LogP contribution is 2.38. The number of benzene rings is 4. The topological polar surface area (TPSA) is 126 Å². The van der Waals surface area contributed by atoms with Gasteiger partial charge >= 0.3 is 0 Å². The average molecular weight is 686 g/mol. The first kappa shape index (κ1) is 34.9. The van der Waals surface area contributed by atoms with Gasteiger partial charge in [0.25, 0.3) is 0 Å². The van der Waals surface area contributed by atoms with Gasteiger partial charge in [-0.15, -0.1) is 0 Å². The van der Waals surface area contributed by atoms with Gasteiger partial charge in [-0.1, -0.05) is 84.4 Å². The highest BCUT2D eigenvalue weighted by Gasteiger charge is 2.34. The highest BCUT2D eigenvalue weighted by molar-refractivity contribution is 7.89. The maximum atomic E-state index is 13.6. The van der Waals surface area contributed by atoms with E-state index >= 15 is 0 Å². The predicted molar refractivity (Wildman–Crippen MR) is 186 cm³/mol. The normalized spacial score (nSPS) is 20.8. The fraction of sp³-hybridized carbons (Fsp3) is 0.342. The number of sulfonamides is 1. The summed E-state index contributed by atoms with van der Waals surface area (Å²) in [5.74, 6) is -0.477. The largest absolute Gasteiger partial charge is 0.392 e. The summed E-state index contributed by atoms with van der Waals surface area (Å²) in [7, 11) is -3.97. The quantitative estimate of drug-likeness (QED) is 0.193. The van der Waals surface area contributed by atoms with Crippen LogP contribution in [0.1, 0.15) is 46.6 Å². The van der Waals surface area contributed by atoms with Crippen molar-refractivity contribution in [3.63, 3.8) is 0 Å². The average Bonchev–Trinajstić information content (AvgIpc) is 3.12. The number of amides is 1. The number of aliphatic hydroxyl groups is 1. The lowest BCUT2D eigenvalue weighted by atomic mass is 9.99. The number of hydrogen-bond acceptors (Lipinski definition) is 8. The second kappa shape index (κ2) is 16.2. The first-order valence-electron chi connectivity index (χ1n) is 16.6. The maximum absolute atomic E-state index is 13.6. The Bertz CT molecular complexity index is 1760. The standard InChI is InChI=1S/C38H43N3O7S/c1-27-7-17-34(18-8-27)49(44,45)40-35(23-28-5-3-2-4-6-28)37(43)39-32-15-13-31(14-16-32)38-47-33(25-41-19-21-46-22-20-41)24-36(48-38)30-11-9-29(26-42)10-12-30/h2-18,33,35-36,38,40,42H,19-26H2,1H3,(H,39,43). The lowest BCUT2D eigenvalue weighted by molar-refractivity contribution is -0.253. The zero-order valence-corrected chi connectivity index (χ0v) is 28.3. The van der Waals surface area contributed by atoms with Crippen molar-refractivity contribution in [3.05, 3.63) is 131 Å². The number of hydrogen-bond donors (Lipinski definition) is 3. The number of anilines is 1. The minimum absolute atomic E-state index is 0.0221. The van der Waals surface area contributed by atoms with Gasteiger partial charge in [-0.3, -0.25) is 9.69 Å². The summed E-state index contributed by atoms with van der Waals surface area (Å²) in [4.78, 5) is 16.1. The van der Waals surface area contributed by atoms with Crippen molar-refractivity contribution in [1.82, 2.24) is 9.62 Å². The molecule has 2 aliphatic rings. The Labute approximate surface area is 288 Å². The van der Waals surface area contributed by atoms with Crippen molar-refractivity contribution in [2.75, 3.05) is 38.2 Å². The molecule has 0 aliphatic carbocycles. The third kappa shape index (κ3) is 9.40. The first-order valence-corrected chi connectivity index (χ1v) is 18.1. The van der Waals surface area contributed by atoms with Gasteiger partial charge in [0.05, 0.1) is 36.9 Å². The number of morpholine rings is 1. The summed E-state index contributed by atoms with van der Waals surface area (Å²) in [6, 6.07) is 29.8. The highest BCUT2D eigenvalue weighted by atomic mass is 32.2. The number of aliphatic hydroxyl groups excluding tert-OH is 1. The van der Waals surface area contributed by atoms with Crippen LogP contribution in [0.5, 0.6) is 0 Å². The van der Waals surface area contributed by atoms with Gasteiger partial charge in [-0.05, 0) is 54.3 Å². The van der Waals surface area contributed by atoms with E-state index in [0.29, 0.717) is 25.3 Å². The molecule has 0 radical (unpaired) electrons. The van der Waals surface area contributed by atoms with E-state index in [1.54, 1.807) is 24.3 Å². The van der Waals surface area contributed by atoms with Crippen LogP contribution in [-0.4, -0.2) is 69.3 Å². The van der Waals surface area contributed by atoms with Crippen LogP contribution in [0.15, 0.2) is 108 Å². The molecule has 11 heteroatoms. The summed E-state index contributed by atoms with van der Waals surface area (Å²) < 4.78 is 47.7. The zero-order chi connectivity index (χ0) is 34.2. The molecular weight excluding hydrogens is 642 g/mol. The summed E-state index contributed by atoms with van der Waals surface area (Å²) in [5.41, 5.74) is 4.91. The van der Waals surface area contributed by atoms with Gasteiger partial charge < -0.3 is 24.6 Å². The van der Waals surface area contributed by atoms with Gasteiger partial charge in [-0.2, -0.15) is 4.72 Å². The molecule has 0 spiro atoms. The monoisotopic (exact) mass is 685 g/mol. The molecule has 49 heavy (non-hydrogen) atoms. The van der Waals surface area contributed by atoms with Gasteiger partial charge in [0.1, 0.15) is 6.04 Å². The number of rotatable bonds is 12. The molecule has 1 amide bonds. The zero-order valence-electron chi connectivity index (χ0n) is 27.5. The van der Waals surface area contributed by atoms with Gasteiger partial charge in [0.2, 0.25) is 15.9 Å². The second-order valence-electron chi connectivity index (χ2n) is 12.6. The van der Waals surface area contributed by atoms with E-state index in [9.17, 15) is 18.3 Å². The number of nitrogens with zero attached hydrogens (tertiary/aromatic N) is 1. The van der Waals surface area contributed by atoms with Crippen molar-refractivity contribution in [2.24, 2.45) is 0 Å². The third-order valence-electron chi connectivity index (χ3n) is 8.86. The lowest BCUT2D eigenvalue weighted by Crippen LogP contribution is -2.45. The third-order valence-corrected chi connectivity index (χ3v) is 10.3. The number of aryl methyl sites for hydroxylation is 1. The summed E-state index contributed by atoms with van der Waals surface area (Å²) in [6.07, 6.45) is -0.0810. The molecule has 6 rings (SSSR count). The molecule has 4 aromatic rings. The molecule has 2 heterocycles. The van der Waals surface area contributed by atoms with Crippen LogP contribution in [0.2, 0.25) is 0 Å². The first-order chi connectivity index (χ1) is 23.8. The second-order valence-corrected chi connectivity index (χ2v) is 14.3. The van der Waals surface area contributed by atoms with Crippen LogP contribution in [0.25, 0.3) is 0 Å². The van der Waals surface area contributed by atoms with Gasteiger partial charge in [0.15, 0.2) is 6.29 Å². The number of carbonyl (C=O) groups excluding carboxylic acids is 1. The van der Waals surface area contributed by atoms with E-state index in [1.165, 1.54) is 12.1 Å². The van der Waals surface area contributed by atoms with Crippen LogP contribution in [0.3, 0.4) is 0 Å². The molecular formula is C38H43N3O7S. The summed E-state index contributed by atoms with van der Waals surface area (Å²) in [6.45, 7) is 5.71. The van der Waals surface area contributed by atoms with Crippen molar-refractivity contribution >= 4 is 21.6 Å². The van der Waals surface area contributed by atoms with Crippen molar-refractivity contribution in [3.8, 4) is 0 Å². The SMILES string of the molecule is Cc1ccc(S(=O)(=O)NC(Cc2ccccc2)C(=O)Nc2ccc(C3OC(CN4CCOCC4)CC(c4ccc(CO)cc4)O3)cc2)cc1. The minimum Gasteiger partial charge on any atom is -0.392 e. The molecule has 10 nitrogen and oxygen atoms in total. The Kier molecular flexibility index (Phi) is 11.5. The molecule has 4 aromatic carbocycles. The Balaban J connectivity index is 1.17. The fourth-order valence-corrected chi connectivity index (χ4v) is 7.26. The van der Waals surface area contributed by atoms with Crippen LogP contribution >= 0.6 is 0 Å². The molecule has 4 atom stereocenters. The van der Waals surface area contributed by atoms with Crippen LogP contribution in [0.4, 0.5) is 5.69 Å². The lowest BCUT2D eigenvalue weighted by Gasteiger charge is -2.39. The van der Waals surface area contributed by atoms with E-state index in [2.05, 4.69) is 14.9 Å². The Morgan fingerprint density at radius 2 is 1.53 bits per heavy atom. The van der Waals surface area contributed by atoms with E-state index in [4.69, 9.17) is 14.2 Å². The Morgan fingerprint density at radius 1 is 0.857 bits per heavy atom.